The highest BCUT2D eigenvalue weighted by molar-refractivity contribution is 9.10. The number of amides is 1. The zero-order valence-electron chi connectivity index (χ0n) is 9.37. The number of carbonyl (C=O) groups is 1. The van der Waals surface area contributed by atoms with Gasteiger partial charge in [-0.1, -0.05) is 27.5 Å². The fraction of sp³-hybridized carbons (Fsp3) is 0.364. The average molecular weight is 322 g/mol. The minimum absolute atomic E-state index is 0.175. The van der Waals surface area contributed by atoms with E-state index < -0.39 is 0 Å². The first-order valence-electron chi connectivity index (χ1n) is 5.04. The normalized spacial score (nSPS) is 12.2. The molecular weight excluding hydrogens is 307 g/mol. The molecule has 17 heavy (non-hydrogen) atoms. The summed E-state index contributed by atoms with van der Waals surface area (Å²) < 4.78 is 5.89. The maximum Gasteiger partial charge on any atom is 0.227 e. The molecule has 4 nitrogen and oxygen atoms in total. The number of ether oxygens (including phenoxy) is 1. The van der Waals surface area contributed by atoms with Crippen LogP contribution in [0, 0.1) is 0 Å². The van der Waals surface area contributed by atoms with Crippen LogP contribution < -0.4 is 11.1 Å². The van der Waals surface area contributed by atoms with Gasteiger partial charge in [0.1, 0.15) is 0 Å². The Morgan fingerprint density at radius 3 is 2.88 bits per heavy atom. The van der Waals surface area contributed by atoms with E-state index in [1.165, 1.54) is 7.11 Å². The van der Waals surface area contributed by atoms with E-state index in [1.54, 1.807) is 18.2 Å². The Bertz CT molecular complexity index is 397. The van der Waals surface area contributed by atoms with Gasteiger partial charge in [0.2, 0.25) is 5.91 Å². The summed E-state index contributed by atoms with van der Waals surface area (Å²) in [6.07, 6.45) is -0.0661. The highest BCUT2D eigenvalue weighted by Gasteiger charge is 2.12. The molecule has 1 aromatic carbocycles. The SMILES string of the molecule is COC(CN)CC(=O)Nc1ccc(Br)cc1Cl. The van der Waals surface area contributed by atoms with Gasteiger partial charge in [-0.25, -0.2) is 0 Å². The quantitative estimate of drug-likeness (QED) is 0.875. The average Bonchev–Trinajstić information content (AvgIpc) is 2.29. The third kappa shape index (κ3) is 4.63. The van der Waals surface area contributed by atoms with E-state index in [-0.39, 0.29) is 18.4 Å². The molecule has 1 unspecified atom stereocenters. The molecule has 3 N–H and O–H groups in total. The third-order valence-corrected chi connectivity index (χ3v) is 3.02. The van der Waals surface area contributed by atoms with E-state index in [4.69, 9.17) is 22.1 Å². The number of halogens is 2. The smallest absolute Gasteiger partial charge is 0.227 e. The van der Waals surface area contributed by atoms with E-state index in [0.717, 1.165) is 4.47 Å². The minimum Gasteiger partial charge on any atom is -0.380 e. The molecule has 0 spiro atoms. The number of hydrogen-bond acceptors (Lipinski definition) is 3. The van der Waals surface area contributed by atoms with Gasteiger partial charge >= 0.3 is 0 Å². The van der Waals surface area contributed by atoms with Crippen molar-refractivity contribution < 1.29 is 9.53 Å². The van der Waals surface area contributed by atoms with Crippen LogP contribution >= 0.6 is 27.5 Å². The number of rotatable bonds is 5. The van der Waals surface area contributed by atoms with Gasteiger partial charge in [0, 0.05) is 18.1 Å². The molecule has 6 heteroatoms. The molecule has 0 aromatic heterocycles. The maximum atomic E-state index is 11.7. The molecule has 1 rings (SSSR count). The molecule has 0 saturated heterocycles. The monoisotopic (exact) mass is 320 g/mol. The van der Waals surface area contributed by atoms with Crippen LogP contribution in [0.25, 0.3) is 0 Å². The highest BCUT2D eigenvalue weighted by Crippen LogP contribution is 2.25. The van der Waals surface area contributed by atoms with Crippen molar-refractivity contribution in [2.75, 3.05) is 19.0 Å². The number of hydrogen-bond donors (Lipinski definition) is 2. The van der Waals surface area contributed by atoms with Crippen LogP contribution in [0.5, 0.6) is 0 Å². The fourth-order valence-electron chi connectivity index (χ4n) is 1.26. The van der Waals surface area contributed by atoms with Gasteiger partial charge in [-0.15, -0.1) is 0 Å². The molecule has 1 aromatic rings. The molecule has 0 aliphatic carbocycles. The van der Waals surface area contributed by atoms with Crippen molar-refractivity contribution >= 4 is 39.1 Å². The zero-order valence-corrected chi connectivity index (χ0v) is 11.7. The Hall–Kier alpha value is -0.620. The summed E-state index contributed by atoms with van der Waals surface area (Å²) in [5.41, 5.74) is 6.01. The predicted molar refractivity (Wildman–Crippen MR) is 72.3 cm³/mol. The number of nitrogens with two attached hydrogens (primary N) is 1. The highest BCUT2D eigenvalue weighted by atomic mass is 79.9. The van der Waals surface area contributed by atoms with Crippen LogP contribution in [-0.4, -0.2) is 25.7 Å². The number of methoxy groups -OCH3 is 1. The van der Waals surface area contributed by atoms with Crippen molar-refractivity contribution in [3.63, 3.8) is 0 Å². The van der Waals surface area contributed by atoms with Crippen LogP contribution in [0.3, 0.4) is 0 Å². The molecule has 0 aliphatic heterocycles. The van der Waals surface area contributed by atoms with Crippen molar-refractivity contribution in [3.05, 3.63) is 27.7 Å². The second-order valence-electron chi connectivity index (χ2n) is 3.47. The number of nitrogens with one attached hydrogen (secondary N) is 1. The van der Waals surface area contributed by atoms with E-state index in [0.29, 0.717) is 17.3 Å². The zero-order chi connectivity index (χ0) is 12.8. The van der Waals surface area contributed by atoms with Crippen molar-refractivity contribution in [3.8, 4) is 0 Å². The second kappa shape index (κ2) is 6.96. The van der Waals surface area contributed by atoms with Crippen LogP contribution in [0.1, 0.15) is 6.42 Å². The lowest BCUT2D eigenvalue weighted by atomic mass is 10.2. The number of carbonyl (C=O) groups excluding carboxylic acids is 1. The van der Waals surface area contributed by atoms with Gasteiger partial charge in [-0.05, 0) is 18.2 Å². The summed E-state index contributed by atoms with van der Waals surface area (Å²) in [5, 5.41) is 3.19. The van der Waals surface area contributed by atoms with E-state index in [2.05, 4.69) is 21.2 Å². The van der Waals surface area contributed by atoms with Crippen molar-refractivity contribution in [2.24, 2.45) is 5.73 Å². The van der Waals surface area contributed by atoms with Crippen molar-refractivity contribution in [1.82, 2.24) is 0 Å². The molecule has 1 amide bonds. The molecule has 0 radical (unpaired) electrons. The van der Waals surface area contributed by atoms with Crippen LogP contribution in [0.4, 0.5) is 5.69 Å². The van der Waals surface area contributed by atoms with Crippen molar-refractivity contribution in [1.29, 1.82) is 0 Å². The van der Waals surface area contributed by atoms with Crippen LogP contribution in [0.2, 0.25) is 5.02 Å². The number of benzene rings is 1. The lowest BCUT2D eigenvalue weighted by Gasteiger charge is -2.13. The Morgan fingerprint density at radius 2 is 2.35 bits per heavy atom. The molecular formula is C11H14BrClN2O2. The predicted octanol–water partition coefficient (Wildman–Crippen LogP) is 2.40. The standard InChI is InChI=1S/C11H14BrClN2O2/c1-17-8(6-14)5-11(16)15-10-3-2-7(12)4-9(10)13/h2-4,8H,5-6,14H2,1H3,(H,15,16). The Kier molecular flexibility index (Phi) is 5.91. The summed E-state index contributed by atoms with van der Waals surface area (Å²) in [6, 6.07) is 5.25. The summed E-state index contributed by atoms with van der Waals surface area (Å²) in [7, 11) is 1.53. The molecule has 0 bridgehead atoms. The fourth-order valence-corrected chi connectivity index (χ4v) is 1.98. The molecule has 94 valence electrons. The Labute approximate surface area is 114 Å². The minimum atomic E-state index is -0.274. The summed E-state index contributed by atoms with van der Waals surface area (Å²) >= 11 is 9.27. The molecule has 1 atom stereocenters. The maximum absolute atomic E-state index is 11.7. The van der Waals surface area contributed by atoms with Gasteiger partial charge in [0.25, 0.3) is 0 Å². The molecule has 0 aliphatic rings. The Morgan fingerprint density at radius 1 is 1.65 bits per heavy atom. The molecule has 0 heterocycles. The topological polar surface area (TPSA) is 64.3 Å². The van der Waals surface area contributed by atoms with Crippen LogP contribution in [0.15, 0.2) is 22.7 Å². The summed E-state index contributed by atoms with van der Waals surface area (Å²) in [4.78, 5) is 11.7. The largest absolute Gasteiger partial charge is 0.380 e. The molecule has 0 fully saturated rings. The van der Waals surface area contributed by atoms with E-state index >= 15 is 0 Å². The Balaban J connectivity index is 2.62. The first-order valence-corrected chi connectivity index (χ1v) is 6.21. The third-order valence-electron chi connectivity index (χ3n) is 2.21. The first kappa shape index (κ1) is 14.4. The van der Waals surface area contributed by atoms with Gasteiger partial charge in [0.15, 0.2) is 0 Å². The van der Waals surface area contributed by atoms with Crippen LogP contribution in [-0.2, 0) is 9.53 Å². The summed E-state index contributed by atoms with van der Waals surface area (Å²) in [6.45, 7) is 0.304. The lowest BCUT2D eigenvalue weighted by molar-refractivity contribution is -0.118. The number of anilines is 1. The van der Waals surface area contributed by atoms with Crippen molar-refractivity contribution in [2.45, 2.75) is 12.5 Å². The van der Waals surface area contributed by atoms with Gasteiger partial charge in [-0.2, -0.15) is 0 Å². The van der Waals surface area contributed by atoms with E-state index in [9.17, 15) is 4.79 Å². The second-order valence-corrected chi connectivity index (χ2v) is 4.79. The van der Waals surface area contributed by atoms with Gasteiger partial charge < -0.3 is 15.8 Å². The first-order chi connectivity index (χ1) is 8.06. The van der Waals surface area contributed by atoms with Gasteiger partial charge in [0.05, 0.1) is 23.2 Å². The molecule has 0 saturated carbocycles. The van der Waals surface area contributed by atoms with Gasteiger partial charge in [-0.3, -0.25) is 4.79 Å². The summed E-state index contributed by atoms with van der Waals surface area (Å²) in [5.74, 6) is -0.175. The lowest BCUT2D eigenvalue weighted by Crippen LogP contribution is -2.28. The van der Waals surface area contributed by atoms with E-state index in [1.807, 2.05) is 0 Å².